The minimum absolute atomic E-state index is 0.0941. The lowest BCUT2D eigenvalue weighted by Crippen LogP contribution is -2.47. The molecule has 0 spiro atoms. The number of hydrogen-bond donors (Lipinski definition) is 2. The predicted molar refractivity (Wildman–Crippen MR) is 137 cm³/mol. The molecule has 0 atom stereocenters. The summed E-state index contributed by atoms with van der Waals surface area (Å²) in [4.78, 5) is 20.8. The Morgan fingerprint density at radius 1 is 1.12 bits per heavy atom. The standard InChI is InChI=1S/C25H32N4O3S2/c1-23(6-7-23)28-33-17-12-19-18(4-5-21(26-19)27-22(30)25-14-16(25)15-25)20(13-17)29-10-8-24(2,9-11-29)34(3,31)32/h4-5,12-13,16,28H,6-11,14-15H2,1-3H3,(H,26,27,30). The first-order chi connectivity index (χ1) is 16.0. The van der Waals surface area contributed by atoms with Crippen molar-refractivity contribution in [1.82, 2.24) is 9.71 Å². The number of anilines is 2. The quantitative estimate of drug-likeness (QED) is 0.552. The molecule has 2 aromatic rings. The van der Waals surface area contributed by atoms with Crippen molar-refractivity contribution in [2.45, 2.75) is 67.6 Å². The maximum absolute atomic E-state index is 12.6. The van der Waals surface area contributed by atoms with Crippen LogP contribution in [-0.4, -0.2) is 48.9 Å². The Bertz CT molecular complexity index is 1290. The third-order valence-corrected chi connectivity index (χ3v) is 11.9. The number of nitrogens with one attached hydrogen (secondary N) is 2. The first-order valence-corrected chi connectivity index (χ1v) is 14.9. The van der Waals surface area contributed by atoms with E-state index in [0.717, 1.165) is 34.3 Å². The van der Waals surface area contributed by atoms with Crippen molar-refractivity contribution >= 4 is 50.1 Å². The number of rotatable bonds is 7. The fourth-order valence-corrected chi connectivity index (χ4v) is 6.79. The monoisotopic (exact) mass is 500 g/mol. The molecule has 182 valence electrons. The number of fused-ring (bicyclic) bond motifs is 2. The van der Waals surface area contributed by atoms with Crippen LogP contribution in [-0.2, 0) is 14.6 Å². The van der Waals surface area contributed by atoms with E-state index >= 15 is 0 Å². The summed E-state index contributed by atoms with van der Waals surface area (Å²) in [6.07, 6.45) is 6.94. The van der Waals surface area contributed by atoms with Crippen LogP contribution in [0.3, 0.4) is 0 Å². The number of carbonyl (C=O) groups excluding carboxylic acids is 1. The van der Waals surface area contributed by atoms with Crippen LogP contribution in [0.2, 0.25) is 0 Å². The van der Waals surface area contributed by atoms with E-state index in [0.29, 0.717) is 37.7 Å². The normalized spacial score (nSPS) is 28.3. The predicted octanol–water partition coefficient (Wildman–Crippen LogP) is 4.14. The molecule has 3 aliphatic carbocycles. The van der Waals surface area contributed by atoms with E-state index in [1.165, 1.54) is 19.1 Å². The molecule has 9 heteroatoms. The van der Waals surface area contributed by atoms with Crippen molar-refractivity contribution in [2.24, 2.45) is 11.3 Å². The number of benzene rings is 1. The minimum atomic E-state index is -3.11. The second-order valence-corrected chi connectivity index (χ2v) is 14.8. The minimum Gasteiger partial charge on any atom is -0.371 e. The van der Waals surface area contributed by atoms with Gasteiger partial charge in [0.25, 0.3) is 0 Å². The van der Waals surface area contributed by atoms with Gasteiger partial charge in [-0.25, -0.2) is 13.4 Å². The summed E-state index contributed by atoms with van der Waals surface area (Å²) < 4.78 is 27.6. The lowest BCUT2D eigenvalue weighted by atomic mass is 9.97. The Kier molecular flexibility index (Phi) is 4.88. The molecule has 1 aromatic carbocycles. The lowest BCUT2D eigenvalue weighted by Gasteiger charge is -2.39. The topological polar surface area (TPSA) is 91.4 Å². The summed E-state index contributed by atoms with van der Waals surface area (Å²) in [6, 6.07) is 8.20. The fraction of sp³-hybridized carbons (Fsp3) is 0.600. The van der Waals surface area contributed by atoms with Gasteiger partial charge >= 0.3 is 0 Å². The Labute approximate surface area is 205 Å². The third-order valence-electron chi connectivity index (χ3n) is 8.61. The number of hydrogen-bond acceptors (Lipinski definition) is 7. The summed E-state index contributed by atoms with van der Waals surface area (Å²) in [5.74, 6) is 1.30. The molecule has 34 heavy (non-hydrogen) atoms. The third kappa shape index (κ3) is 3.89. The highest BCUT2D eigenvalue weighted by molar-refractivity contribution is 7.97. The van der Waals surface area contributed by atoms with Gasteiger partial charge in [0.2, 0.25) is 5.91 Å². The van der Waals surface area contributed by atoms with Crippen LogP contribution in [0.1, 0.15) is 52.4 Å². The second-order valence-electron chi connectivity index (χ2n) is 11.4. The van der Waals surface area contributed by atoms with Gasteiger partial charge in [0.05, 0.1) is 15.7 Å². The van der Waals surface area contributed by atoms with Crippen LogP contribution in [0, 0.1) is 11.3 Å². The van der Waals surface area contributed by atoms with Crippen molar-refractivity contribution in [3.05, 3.63) is 24.3 Å². The first kappa shape index (κ1) is 22.6. The molecule has 0 bridgehead atoms. The molecule has 1 saturated heterocycles. The lowest BCUT2D eigenvalue weighted by molar-refractivity contribution is -0.119. The largest absolute Gasteiger partial charge is 0.371 e. The molecule has 2 heterocycles. The molecule has 1 amide bonds. The zero-order valence-corrected chi connectivity index (χ0v) is 21.6. The number of pyridine rings is 1. The Balaban J connectivity index is 1.30. The first-order valence-electron chi connectivity index (χ1n) is 12.2. The average Bonchev–Trinajstić information content (AvgIpc) is 3.68. The highest BCUT2D eigenvalue weighted by Gasteiger charge is 2.74. The van der Waals surface area contributed by atoms with Crippen LogP contribution >= 0.6 is 11.9 Å². The summed E-state index contributed by atoms with van der Waals surface area (Å²) in [6.45, 7) is 5.46. The molecule has 6 rings (SSSR count). The molecule has 3 saturated carbocycles. The zero-order valence-electron chi connectivity index (χ0n) is 20.0. The molecule has 4 aliphatic rings. The number of sulfone groups is 1. The fourth-order valence-electron chi connectivity index (χ4n) is 4.96. The molecule has 2 N–H and O–H groups in total. The zero-order chi connectivity index (χ0) is 23.9. The van der Waals surface area contributed by atoms with Crippen LogP contribution < -0.4 is 14.9 Å². The Hall–Kier alpha value is -1.84. The van der Waals surface area contributed by atoms with E-state index in [4.69, 9.17) is 4.98 Å². The van der Waals surface area contributed by atoms with Gasteiger partial charge < -0.3 is 10.2 Å². The van der Waals surface area contributed by atoms with Gasteiger partial charge in [-0.3, -0.25) is 9.52 Å². The maximum Gasteiger partial charge on any atom is 0.232 e. The molecule has 0 radical (unpaired) electrons. The molecule has 1 aromatic heterocycles. The van der Waals surface area contributed by atoms with Gasteiger partial charge in [-0.2, -0.15) is 0 Å². The Morgan fingerprint density at radius 3 is 2.38 bits per heavy atom. The number of piperidine rings is 1. The van der Waals surface area contributed by atoms with E-state index in [1.54, 1.807) is 11.9 Å². The van der Waals surface area contributed by atoms with Crippen molar-refractivity contribution < 1.29 is 13.2 Å². The highest BCUT2D eigenvalue weighted by Crippen LogP contribution is 2.75. The SMILES string of the molecule is CC1(NSc2cc(N3CCC(C)(S(C)(=O)=O)CC3)c3ccc(NC(=O)C45CC4C5)nc3c2)CC1. The van der Waals surface area contributed by atoms with Crippen LogP contribution in [0.4, 0.5) is 11.5 Å². The van der Waals surface area contributed by atoms with Gasteiger partial charge in [0, 0.05) is 40.9 Å². The summed E-state index contributed by atoms with van der Waals surface area (Å²) in [7, 11) is -3.11. The molecule has 1 aliphatic heterocycles. The van der Waals surface area contributed by atoms with E-state index < -0.39 is 14.6 Å². The summed E-state index contributed by atoms with van der Waals surface area (Å²) >= 11 is 1.63. The van der Waals surface area contributed by atoms with Crippen LogP contribution in [0.15, 0.2) is 29.2 Å². The van der Waals surface area contributed by atoms with Gasteiger partial charge in [-0.15, -0.1) is 0 Å². The number of amides is 1. The molecule has 0 unspecified atom stereocenters. The van der Waals surface area contributed by atoms with Crippen LogP contribution in [0.25, 0.3) is 10.9 Å². The van der Waals surface area contributed by atoms with E-state index in [1.807, 2.05) is 19.1 Å². The van der Waals surface area contributed by atoms with Gasteiger partial charge in [0.15, 0.2) is 9.84 Å². The molecular weight excluding hydrogens is 468 g/mol. The van der Waals surface area contributed by atoms with E-state index in [9.17, 15) is 13.2 Å². The molecule has 7 nitrogen and oxygen atoms in total. The number of nitrogens with zero attached hydrogens (tertiary/aromatic N) is 2. The maximum atomic E-state index is 12.6. The van der Waals surface area contributed by atoms with Gasteiger partial charge in [0.1, 0.15) is 5.82 Å². The van der Waals surface area contributed by atoms with E-state index in [2.05, 4.69) is 34.0 Å². The summed E-state index contributed by atoms with van der Waals surface area (Å²) in [5.41, 5.74) is 2.02. The number of carbonyl (C=O) groups is 1. The van der Waals surface area contributed by atoms with Crippen molar-refractivity contribution in [2.75, 3.05) is 29.6 Å². The van der Waals surface area contributed by atoms with Crippen molar-refractivity contribution in [1.29, 1.82) is 0 Å². The van der Waals surface area contributed by atoms with Crippen molar-refractivity contribution in [3.63, 3.8) is 0 Å². The Morgan fingerprint density at radius 2 is 1.79 bits per heavy atom. The number of aromatic nitrogens is 1. The van der Waals surface area contributed by atoms with Crippen molar-refractivity contribution in [3.8, 4) is 0 Å². The average molecular weight is 501 g/mol. The van der Waals surface area contributed by atoms with Crippen LogP contribution in [0.5, 0.6) is 0 Å². The van der Waals surface area contributed by atoms with E-state index in [-0.39, 0.29) is 16.9 Å². The van der Waals surface area contributed by atoms with Gasteiger partial charge in [-0.1, -0.05) is 0 Å². The second kappa shape index (κ2) is 7.34. The molecule has 4 fully saturated rings. The summed E-state index contributed by atoms with van der Waals surface area (Å²) in [5, 5.41) is 4.06. The van der Waals surface area contributed by atoms with Gasteiger partial charge in [-0.05, 0) is 94.5 Å². The smallest absolute Gasteiger partial charge is 0.232 e. The molecular formula is C25H32N4O3S2. The highest BCUT2D eigenvalue weighted by atomic mass is 32.2.